The maximum Gasteiger partial charge on any atom is 0.573 e. The Morgan fingerprint density at radius 2 is 1.28 bits per heavy atom. The SMILES string of the molecule is CC(C)(C)c1c(OCc2ccc(OC(F)(F)F)c(F)c2C(C)(C)C)cccc1C(F)(F)F. The number of benzene rings is 2. The van der Waals surface area contributed by atoms with Gasteiger partial charge in [0.2, 0.25) is 0 Å². The lowest BCUT2D eigenvalue weighted by molar-refractivity contribution is -0.275. The monoisotopic (exact) mass is 466 g/mol. The van der Waals surface area contributed by atoms with Crippen LogP contribution in [0.25, 0.3) is 0 Å². The van der Waals surface area contributed by atoms with E-state index in [-0.39, 0.29) is 29.0 Å². The molecule has 0 saturated heterocycles. The van der Waals surface area contributed by atoms with E-state index in [2.05, 4.69) is 4.74 Å². The van der Waals surface area contributed by atoms with E-state index in [0.717, 1.165) is 12.1 Å². The van der Waals surface area contributed by atoms with Crippen LogP contribution < -0.4 is 9.47 Å². The molecule has 0 aliphatic heterocycles. The van der Waals surface area contributed by atoms with Gasteiger partial charge < -0.3 is 9.47 Å². The van der Waals surface area contributed by atoms with Crippen molar-refractivity contribution in [3.63, 3.8) is 0 Å². The molecule has 0 unspecified atom stereocenters. The molecule has 32 heavy (non-hydrogen) atoms. The van der Waals surface area contributed by atoms with Gasteiger partial charge in [0.15, 0.2) is 11.6 Å². The third kappa shape index (κ3) is 6.07. The second-order valence-electron chi connectivity index (χ2n) is 9.42. The Hall–Kier alpha value is -2.45. The first-order chi connectivity index (χ1) is 14.3. The maximum absolute atomic E-state index is 14.9. The van der Waals surface area contributed by atoms with E-state index in [0.29, 0.717) is 0 Å². The molecular weight excluding hydrogens is 441 g/mol. The van der Waals surface area contributed by atoms with Gasteiger partial charge in [-0.3, -0.25) is 0 Å². The summed E-state index contributed by atoms with van der Waals surface area (Å²) in [6, 6.07) is 5.59. The molecule has 9 heteroatoms. The third-order valence-corrected chi connectivity index (χ3v) is 4.63. The number of ether oxygens (including phenoxy) is 2. The summed E-state index contributed by atoms with van der Waals surface area (Å²) >= 11 is 0. The van der Waals surface area contributed by atoms with Gasteiger partial charge in [0, 0.05) is 11.1 Å². The number of hydrogen-bond donors (Lipinski definition) is 0. The molecule has 178 valence electrons. The molecule has 0 aliphatic rings. The van der Waals surface area contributed by atoms with Gasteiger partial charge in [-0.1, -0.05) is 53.7 Å². The van der Waals surface area contributed by atoms with Gasteiger partial charge in [-0.15, -0.1) is 13.2 Å². The molecule has 0 radical (unpaired) electrons. The molecule has 0 N–H and O–H groups in total. The molecule has 0 saturated carbocycles. The standard InChI is InChI=1S/C23H25F7O2/c1-20(2,3)17-13(10-11-16(19(17)24)32-23(28,29)30)12-31-15-9-7-8-14(22(25,26)27)18(15)21(4,5)6/h7-11H,12H2,1-6H3. The largest absolute Gasteiger partial charge is 0.573 e. The van der Waals surface area contributed by atoms with E-state index >= 15 is 0 Å². The first kappa shape index (κ1) is 25.8. The zero-order valence-corrected chi connectivity index (χ0v) is 18.6. The Labute approximate surface area is 182 Å². The van der Waals surface area contributed by atoms with E-state index < -0.39 is 40.5 Å². The van der Waals surface area contributed by atoms with Crippen molar-refractivity contribution in [2.75, 3.05) is 0 Å². The Balaban J connectivity index is 2.53. The zero-order chi connectivity index (χ0) is 24.7. The maximum atomic E-state index is 14.9. The number of alkyl halides is 6. The Morgan fingerprint density at radius 3 is 1.75 bits per heavy atom. The van der Waals surface area contributed by atoms with Crippen LogP contribution >= 0.6 is 0 Å². The van der Waals surface area contributed by atoms with Crippen LogP contribution in [0.2, 0.25) is 0 Å². The highest BCUT2D eigenvalue weighted by atomic mass is 19.4. The van der Waals surface area contributed by atoms with Crippen LogP contribution in [-0.2, 0) is 23.6 Å². The molecule has 0 aliphatic carbocycles. The normalized spacial score (nSPS) is 13.3. The van der Waals surface area contributed by atoms with Gasteiger partial charge in [-0.25, -0.2) is 4.39 Å². The van der Waals surface area contributed by atoms with Crippen LogP contribution in [0.1, 0.15) is 63.8 Å². The lowest BCUT2D eigenvalue weighted by Gasteiger charge is -2.28. The summed E-state index contributed by atoms with van der Waals surface area (Å²) in [5.41, 5.74) is -2.66. The highest BCUT2D eigenvalue weighted by molar-refractivity contribution is 5.47. The van der Waals surface area contributed by atoms with Crippen molar-refractivity contribution in [1.29, 1.82) is 0 Å². The third-order valence-electron chi connectivity index (χ3n) is 4.63. The van der Waals surface area contributed by atoms with Gasteiger partial charge in [-0.2, -0.15) is 13.2 Å². The second-order valence-corrected chi connectivity index (χ2v) is 9.42. The van der Waals surface area contributed by atoms with Crippen LogP contribution in [0.4, 0.5) is 30.7 Å². The lowest BCUT2D eigenvalue weighted by atomic mass is 9.82. The number of rotatable bonds is 4. The Bertz CT molecular complexity index is 963. The van der Waals surface area contributed by atoms with Gasteiger partial charge in [0.05, 0.1) is 5.56 Å². The molecular formula is C23H25F7O2. The van der Waals surface area contributed by atoms with Crippen molar-refractivity contribution in [3.05, 3.63) is 58.4 Å². The molecule has 2 nitrogen and oxygen atoms in total. The van der Waals surface area contributed by atoms with E-state index in [1.54, 1.807) is 41.5 Å². The molecule has 0 aromatic heterocycles. The highest BCUT2D eigenvalue weighted by Gasteiger charge is 2.38. The second kappa shape index (κ2) is 8.48. The molecule has 0 amide bonds. The first-order valence-corrected chi connectivity index (χ1v) is 9.73. The average Bonchev–Trinajstić information content (AvgIpc) is 2.57. The predicted octanol–water partition coefficient (Wildman–Crippen LogP) is 7.92. The van der Waals surface area contributed by atoms with Crippen molar-refractivity contribution < 1.29 is 40.2 Å². The summed E-state index contributed by atoms with van der Waals surface area (Å²) in [7, 11) is 0. The first-order valence-electron chi connectivity index (χ1n) is 9.73. The zero-order valence-electron chi connectivity index (χ0n) is 18.6. The van der Waals surface area contributed by atoms with Crippen molar-refractivity contribution in [1.82, 2.24) is 0 Å². The quantitative estimate of drug-likeness (QED) is 0.426. The minimum absolute atomic E-state index is 0.0387. The van der Waals surface area contributed by atoms with Crippen LogP contribution in [0.5, 0.6) is 11.5 Å². The Morgan fingerprint density at radius 1 is 0.719 bits per heavy atom. The molecule has 2 rings (SSSR count). The predicted molar refractivity (Wildman–Crippen MR) is 106 cm³/mol. The van der Waals surface area contributed by atoms with E-state index in [4.69, 9.17) is 4.74 Å². The minimum Gasteiger partial charge on any atom is -0.489 e. The lowest BCUT2D eigenvalue weighted by Crippen LogP contribution is -2.23. The topological polar surface area (TPSA) is 18.5 Å². The molecule has 0 heterocycles. The van der Waals surface area contributed by atoms with Crippen LogP contribution in [0, 0.1) is 5.82 Å². The Kier molecular flexibility index (Phi) is 6.84. The van der Waals surface area contributed by atoms with Crippen molar-refractivity contribution in [2.45, 2.75) is 71.5 Å². The number of halogens is 7. The van der Waals surface area contributed by atoms with Gasteiger partial charge in [0.1, 0.15) is 12.4 Å². The molecule has 2 aromatic rings. The van der Waals surface area contributed by atoms with Crippen molar-refractivity contribution in [2.24, 2.45) is 0 Å². The summed E-state index contributed by atoms with van der Waals surface area (Å²) in [4.78, 5) is 0. The van der Waals surface area contributed by atoms with Crippen LogP contribution in [0.3, 0.4) is 0 Å². The molecule has 0 spiro atoms. The molecule has 0 fully saturated rings. The molecule has 2 aromatic carbocycles. The smallest absolute Gasteiger partial charge is 0.489 e. The summed E-state index contributed by atoms with van der Waals surface area (Å²) in [6.07, 6.45) is -9.69. The van der Waals surface area contributed by atoms with Crippen molar-refractivity contribution >= 4 is 0 Å². The summed E-state index contributed by atoms with van der Waals surface area (Å²) in [6.45, 7) is 9.25. The van der Waals surface area contributed by atoms with Gasteiger partial charge in [-0.05, 0) is 34.6 Å². The average molecular weight is 466 g/mol. The van der Waals surface area contributed by atoms with Gasteiger partial charge >= 0.3 is 12.5 Å². The van der Waals surface area contributed by atoms with E-state index in [1.165, 1.54) is 18.2 Å². The highest BCUT2D eigenvalue weighted by Crippen LogP contribution is 2.43. The molecule has 0 atom stereocenters. The minimum atomic E-state index is -5.08. The fourth-order valence-electron chi connectivity index (χ4n) is 3.55. The van der Waals surface area contributed by atoms with Crippen molar-refractivity contribution in [3.8, 4) is 11.5 Å². The van der Waals surface area contributed by atoms with E-state index in [1.807, 2.05) is 0 Å². The van der Waals surface area contributed by atoms with E-state index in [9.17, 15) is 30.7 Å². The number of hydrogen-bond acceptors (Lipinski definition) is 2. The van der Waals surface area contributed by atoms with Crippen LogP contribution in [0.15, 0.2) is 30.3 Å². The summed E-state index contributed by atoms with van der Waals surface area (Å²) in [5, 5.41) is 0. The summed E-state index contributed by atoms with van der Waals surface area (Å²) < 4.78 is 103. The fourth-order valence-corrected chi connectivity index (χ4v) is 3.55. The summed E-state index contributed by atoms with van der Waals surface area (Å²) in [5.74, 6) is -2.22. The molecule has 0 bridgehead atoms. The van der Waals surface area contributed by atoms with Crippen LogP contribution in [-0.4, -0.2) is 6.36 Å². The fraction of sp³-hybridized carbons (Fsp3) is 0.478. The van der Waals surface area contributed by atoms with Gasteiger partial charge in [0.25, 0.3) is 0 Å².